The van der Waals surface area contributed by atoms with Crippen LogP contribution in [0.15, 0.2) is 62.9 Å². The third-order valence-corrected chi connectivity index (χ3v) is 6.68. The molecule has 10 heteroatoms. The lowest BCUT2D eigenvalue weighted by Crippen LogP contribution is -2.38. The zero-order valence-electron chi connectivity index (χ0n) is 17.4. The number of aryl methyl sites for hydroxylation is 1. The maximum Gasteiger partial charge on any atom is 0.336 e. The fourth-order valence-electron chi connectivity index (χ4n) is 3.32. The van der Waals surface area contributed by atoms with Gasteiger partial charge < -0.3 is 10.6 Å². The van der Waals surface area contributed by atoms with Crippen LogP contribution in [0.1, 0.15) is 26.4 Å². The summed E-state index contributed by atoms with van der Waals surface area (Å²) < 4.78 is 3.43. The van der Waals surface area contributed by atoms with Gasteiger partial charge in [-0.3, -0.25) is 18.6 Å². The Kier molecular flexibility index (Phi) is 6.24. The van der Waals surface area contributed by atoms with Crippen LogP contribution < -0.4 is 21.9 Å². The van der Waals surface area contributed by atoms with Crippen LogP contribution in [-0.2, 0) is 13.1 Å². The summed E-state index contributed by atoms with van der Waals surface area (Å²) in [5, 5.41) is 5.81. The molecule has 0 fully saturated rings. The van der Waals surface area contributed by atoms with Gasteiger partial charge >= 0.3 is 5.69 Å². The predicted octanol–water partition coefficient (Wildman–Crippen LogP) is 3.01. The maximum absolute atomic E-state index is 13.1. The van der Waals surface area contributed by atoms with Gasteiger partial charge in [-0.2, -0.15) is 0 Å². The number of hydrogen-bond donors (Lipinski definition) is 2. The van der Waals surface area contributed by atoms with Gasteiger partial charge in [0, 0.05) is 36.0 Å². The molecule has 8 nitrogen and oxygen atoms in total. The van der Waals surface area contributed by atoms with Crippen molar-refractivity contribution in [2.75, 3.05) is 12.4 Å². The molecule has 4 aromatic rings. The fourth-order valence-corrected chi connectivity index (χ4v) is 4.77. The molecule has 3 aromatic heterocycles. The van der Waals surface area contributed by atoms with Gasteiger partial charge in [0.25, 0.3) is 11.5 Å². The minimum absolute atomic E-state index is 0.147. The van der Waals surface area contributed by atoms with E-state index >= 15 is 0 Å². The second-order valence-corrected chi connectivity index (χ2v) is 9.13. The van der Waals surface area contributed by atoms with Gasteiger partial charge in [-0.1, -0.05) is 28.1 Å². The first-order valence-electron chi connectivity index (χ1n) is 9.78. The van der Waals surface area contributed by atoms with Gasteiger partial charge in [0.2, 0.25) is 0 Å². The van der Waals surface area contributed by atoms with Crippen molar-refractivity contribution in [3.05, 3.63) is 95.7 Å². The van der Waals surface area contributed by atoms with E-state index in [0.717, 1.165) is 26.9 Å². The Morgan fingerprint density at radius 1 is 1.19 bits per heavy atom. The molecular formula is C22H20BrN5O3S. The van der Waals surface area contributed by atoms with Gasteiger partial charge in [-0.25, -0.2) is 9.78 Å². The molecule has 0 atom stereocenters. The first kappa shape index (κ1) is 22.0. The molecule has 164 valence electrons. The highest BCUT2D eigenvalue weighted by Crippen LogP contribution is 2.19. The molecule has 0 unspecified atom stereocenters. The zero-order valence-corrected chi connectivity index (χ0v) is 19.8. The van der Waals surface area contributed by atoms with Crippen LogP contribution in [0.2, 0.25) is 0 Å². The molecule has 2 N–H and O–H groups in total. The number of carbonyl (C=O) groups is 1. The molecule has 3 heterocycles. The first-order valence-corrected chi connectivity index (χ1v) is 11.4. The second kappa shape index (κ2) is 9.09. The number of halogens is 1. The molecule has 0 bridgehead atoms. The molecule has 4 rings (SSSR count). The van der Waals surface area contributed by atoms with Crippen LogP contribution >= 0.6 is 27.3 Å². The molecule has 0 saturated heterocycles. The van der Waals surface area contributed by atoms with E-state index in [0.29, 0.717) is 27.6 Å². The summed E-state index contributed by atoms with van der Waals surface area (Å²) in [5.74, 6) is 0.394. The van der Waals surface area contributed by atoms with Crippen LogP contribution in [0.5, 0.6) is 0 Å². The summed E-state index contributed by atoms with van der Waals surface area (Å²) in [6.45, 7) is 2.13. The highest BCUT2D eigenvalue weighted by molar-refractivity contribution is 9.10. The smallest absolute Gasteiger partial charge is 0.336 e. The average Bonchev–Trinajstić information content (AvgIpc) is 3.25. The van der Waals surface area contributed by atoms with E-state index in [1.165, 1.54) is 15.2 Å². The number of aromatic nitrogens is 3. The summed E-state index contributed by atoms with van der Waals surface area (Å²) in [7, 11) is 1.77. The summed E-state index contributed by atoms with van der Waals surface area (Å²) in [5.41, 5.74) is 1.31. The molecule has 0 aliphatic heterocycles. The van der Waals surface area contributed by atoms with Gasteiger partial charge in [-0.15, -0.1) is 11.3 Å². The van der Waals surface area contributed by atoms with Crippen molar-refractivity contribution in [1.82, 2.24) is 19.3 Å². The van der Waals surface area contributed by atoms with E-state index < -0.39 is 5.69 Å². The van der Waals surface area contributed by atoms with E-state index in [2.05, 4.69) is 31.5 Å². The van der Waals surface area contributed by atoms with Gasteiger partial charge in [-0.05, 0) is 42.3 Å². The summed E-state index contributed by atoms with van der Waals surface area (Å²) in [4.78, 5) is 43.6. The SMILES string of the molecule is CNc1cc(CNC(=O)c2cn3c(=O)n(Cc4cccc(Br)c4)c(=O)c(C)c3s2)ccn1. The lowest BCUT2D eigenvalue weighted by molar-refractivity contribution is 0.0954. The lowest BCUT2D eigenvalue weighted by Gasteiger charge is -2.08. The first-order chi connectivity index (χ1) is 15.4. The molecule has 0 radical (unpaired) electrons. The molecule has 1 amide bonds. The minimum atomic E-state index is -0.473. The average molecular weight is 514 g/mol. The monoisotopic (exact) mass is 513 g/mol. The van der Waals surface area contributed by atoms with Crippen molar-refractivity contribution in [2.45, 2.75) is 20.0 Å². The second-order valence-electron chi connectivity index (χ2n) is 7.18. The topological polar surface area (TPSA) is 97.5 Å². The number of nitrogens with zero attached hydrogens (tertiary/aromatic N) is 3. The number of amides is 1. The highest BCUT2D eigenvalue weighted by Gasteiger charge is 2.17. The number of pyridine rings is 1. The number of thiazole rings is 1. The third-order valence-electron chi connectivity index (χ3n) is 4.98. The van der Waals surface area contributed by atoms with Gasteiger partial charge in [0.05, 0.1) is 6.54 Å². The molecule has 0 aliphatic carbocycles. The van der Waals surface area contributed by atoms with Crippen LogP contribution in [-0.4, -0.2) is 26.9 Å². The number of rotatable bonds is 6. The third kappa shape index (κ3) is 4.37. The van der Waals surface area contributed by atoms with E-state index in [1.807, 2.05) is 36.4 Å². The van der Waals surface area contributed by atoms with Crippen LogP contribution in [0, 0.1) is 6.92 Å². The molecule has 1 aromatic carbocycles. The quantitative estimate of drug-likeness (QED) is 0.413. The van der Waals surface area contributed by atoms with Gasteiger partial charge in [0.1, 0.15) is 15.5 Å². The number of carbonyl (C=O) groups excluding carboxylic acids is 1. The van der Waals surface area contributed by atoms with Crippen molar-refractivity contribution in [3.63, 3.8) is 0 Å². The standard InChI is InChI=1S/C22H20BrN5O3S/c1-13-20(30)27(11-15-4-3-5-16(23)8-15)22(31)28-12-17(32-21(13)28)19(29)26-10-14-6-7-25-18(9-14)24-2/h3-9,12H,10-11H2,1-2H3,(H,24,25)(H,26,29). The van der Waals surface area contributed by atoms with Crippen molar-refractivity contribution >= 4 is 43.8 Å². The Balaban J connectivity index is 1.64. The molecule has 0 saturated carbocycles. The normalized spacial score (nSPS) is 11.0. The number of anilines is 1. The molecular weight excluding hydrogens is 494 g/mol. The number of benzene rings is 1. The largest absolute Gasteiger partial charge is 0.373 e. The predicted molar refractivity (Wildman–Crippen MR) is 129 cm³/mol. The van der Waals surface area contributed by atoms with E-state index in [1.54, 1.807) is 20.2 Å². The lowest BCUT2D eigenvalue weighted by atomic mass is 10.2. The van der Waals surface area contributed by atoms with Crippen LogP contribution in [0.3, 0.4) is 0 Å². The van der Waals surface area contributed by atoms with E-state index in [-0.39, 0.29) is 18.0 Å². The van der Waals surface area contributed by atoms with Crippen molar-refractivity contribution in [1.29, 1.82) is 0 Å². The summed E-state index contributed by atoms with van der Waals surface area (Å²) in [6, 6.07) is 11.1. The summed E-state index contributed by atoms with van der Waals surface area (Å²) >= 11 is 4.53. The molecule has 0 spiro atoms. The van der Waals surface area contributed by atoms with E-state index in [4.69, 9.17) is 0 Å². The maximum atomic E-state index is 13.1. The Morgan fingerprint density at radius 2 is 2.00 bits per heavy atom. The Labute approximate surface area is 195 Å². The van der Waals surface area contributed by atoms with Crippen molar-refractivity contribution in [3.8, 4) is 0 Å². The van der Waals surface area contributed by atoms with Crippen LogP contribution in [0.25, 0.3) is 4.83 Å². The number of fused-ring (bicyclic) bond motifs is 1. The molecule has 32 heavy (non-hydrogen) atoms. The Morgan fingerprint density at radius 3 is 2.75 bits per heavy atom. The highest BCUT2D eigenvalue weighted by atomic mass is 79.9. The Hall–Kier alpha value is -3.24. The zero-order chi connectivity index (χ0) is 22.8. The molecule has 0 aliphatic rings. The van der Waals surface area contributed by atoms with Crippen molar-refractivity contribution < 1.29 is 4.79 Å². The number of hydrogen-bond acceptors (Lipinski definition) is 6. The van der Waals surface area contributed by atoms with E-state index in [9.17, 15) is 14.4 Å². The van der Waals surface area contributed by atoms with Crippen molar-refractivity contribution in [2.24, 2.45) is 0 Å². The fraction of sp³-hybridized carbons (Fsp3) is 0.182. The van der Waals surface area contributed by atoms with Crippen LogP contribution in [0.4, 0.5) is 5.82 Å². The number of nitrogens with one attached hydrogen (secondary N) is 2. The summed E-state index contributed by atoms with van der Waals surface area (Å²) in [6.07, 6.45) is 3.16. The Bertz CT molecular complexity index is 1440. The minimum Gasteiger partial charge on any atom is -0.373 e. The van der Waals surface area contributed by atoms with Gasteiger partial charge in [0.15, 0.2) is 0 Å².